The monoisotopic (exact) mass is 536 g/mol. The summed E-state index contributed by atoms with van der Waals surface area (Å²) in [6, 6.07) is 0. The molecule has 1 saturated heterocycles. The number of hydrogen-bond acceptors (Lipinski definition) is 9. The van der Waals surface area contributed by atoms with E-state index in [1.807, 2.05) is 6.08 Å². The summed E-state index contributed by atoms with van der Waals surface area (Å²) in [6.45, 7) is 4.46. The molecule has 0 aromatic heterocycles. The number of hydrogen-bond donors (Lipinski definition) is 5. The molecule has 6 rings (SSSR count). The van der Waals surface area contributed by atoms with Crippen molar-refractivity contribution in [3.05, 3.63) is 11.6 Å². The van der Waals surface area contributed by atoms with Crippen LogP contribution in [0.4, 0.5) is 0 Å². The van der Waals surface area contributed by atoms with Gasteiger partial charge in [0.05, 0.1) is 18.3 Å². The second-order valence-electron chi connectivity index (χ2n) is 13.5. The van der Waals surface area contributed by atoms with Crippen LogP contribution in [0.15, 0.2) is 11.6 Å². The Bertz CT molecular complexity index is 968. The zero-order valence-electron chi connectivity index (χ0n) is 22.5. The fourth-order valence-corrected chi connectivity index (χ4v) is 9.84. The zero-order chi connectivity index (χ0) is 27.0. The van der Waals surface area contributed by atoms with Gasteiger partial charge in [0.2, 0.25) is 0 Å². The lowest BCUT2D eigenvalue weighted by Gasteiger charge is -2.63. The van der Waals surface area contributed by atoms with Crippen molar-refractivity contribution in [1.29, 1.82) is 0 Å². The molecule has 0 bridgehead atoms. The minimum Gasteiger partial charge on any atom is -0.458 e. The van der Waals surface area contributed by atoms with Crippen LogP contribution in [0.1, 0.15) is 71.6 Å². The number of fused-ring (bicyclic) bond motifs is 5. The SMILES string of the molecule is C[C@]12CC[C@H](OC3OC(CO)C(O)C(O)C3O)C[C@H]1CC[C@@H]1[C@@H]2CC[C@]2(C)[C@@H](C3=CCOC3=O)CC[C@]12O. The average molecular weight is 537 g/mol. The van der Waals surface area contributed by atoms with Gasteiger partial charge in [-0.2, -0.15) is 0 Å². The molecule has 5 unspecified atom stereocenters. The van der Waals surface area contributed by atoms with Crippen LogP contribution in [0.25, 0.3) is 0 Å². The molecule has 38 heavy (non-hydrogen) atoms. The summed E-state index contributed by atoms with van der Waals surface area (Å²) in [4.78, 5) is 12.4. The van der Waals surface area contributed by atoms with Crippen molar-refractivity contribution >= 4 is 5.97 Å². The maximum absolute atomic E-state index is 12.4. The molecular formula is C29H44O9. The summed E-state index contributed by atoms with van der Waals surface area (Å²) in [5.41, 5.74) is -0.274. The van der Waals surface area contributed by atoms with Gasteiger partial charge in [-0.25, -0.2) is 4.79 Å². The Hall–Kier alpha value is -1.07. The molecule has 0 aromatic carbocycles. The Morgan fingerprint density at radius 3 is 2.47 bits per heavy atom. The van der Waals surface area contributed by atoms with E-state index in [9.17, 15) is 30.3 Å². The zero-order valence-corrected chi connectivity index (χ0v) is 22.5. The van der Waals surface area contributed by atoms with Crippen molar-refractivity contribution in [3.8, 4) is 0 Å². The topological polar surface area (TPSA) is 146 Å². The van der Waals surface area contributed by atoms with E-state index in [1.165, 1.54) is 0 Å². The highest BCUT2D eigenvalue weighted by molar-refractivity contribution is 5.91. The van der Waals surface area contributed by atoms with Gasteiger partial charge < -0.3 is 39.7 Å². The van der Waals surface area contributed by atoms with Crippen LogP contribution in [0.3, 0.4) is 0 Å². The molecule has 4 saturated carbocycles. The standard InChI is InChI=1S/C29H44O9/c1-27-9-5-16(37-26-24(33)23(32)22(31)21(14-30)38-26)13-15(27)3-4-20-19(27)6-10-28(2)18(7-11-29(20,28)35)17-8-12-36-25(17)34/h8,15-16,18-24,26,30-33,35H,3-7,9-14H2,1-2H3/t15-,16+,18-,19+,20-,21?,22?,23?,24?,26?,27+,28-,29+/m1/s1. The van der Waals surface area contributed by atoms with Gasteiger partial charge in [-0.15, -0.1) is 0 Å². The van der Waals surface area contributed by atoms with E-state index in [0.717, 1.165) is 63.4 Å². The quantitative estimate of drug-likeness (QED) is 0.266. The number of esters is 1. The summed E-state index contributed by atoms with van der Waals surface area (Å²) >= 11 is 0. The molecule has 214 valence electrons. The normalized spacial score (nSPS) is 54.5. The Kier molecular flexibility index (Phi) is 6.78. The van der Waals surface area contributed by atoms with Crippen LogP contribution in [0.5, 0.6) is 0 Å². The molecule has 9 nitrogen and oxygen atoms in total. The first-order valence-corrected chi connectivity index (χ1v) is 14.6. The third-order valence-corrected chi connectivity index (χ3v) is 12.1. The highest BCUT2D eigenvalue weighted by Crippen LogP contribution is 2.70. The predicted octanol–water partition coefficient (Wildman–Crippen LogP) is 1.43. The average Bonchev–Trinajstić information content (AvgIpc) is 3.43. The minimum absolute atomic E-state index is 0.0525. The second kappa shape index (κ2) is 9.50. The van der Waals surface area contributed by atoms with Crippen molar-refractivity contribution in [3.63, 3.8) is 0 Å². The Labute approximate surface area is 224 Å². The lowest BCUT2D eigenvalue weighted by molar-refractivity contribution is -0.317. The van der Waals surface area contributed by atoms with E-state index in [4.69, 9.17) is 14.2 Å². The largest absolute Gasteiger partial charge is 0.458 e. The molecule has 2 aliphatic heterocycles. The first-order chi connectivity index (χ1) is 18.0. The summed E-state index contributed by atoms with van der Waals surface area (Å²) < 4.78 is 17.0. The minimum atomic E-state index is -1.44. The summed E-state index contributed by atoms with van der Waals surface area (Å²) in [6.07, 6.45) is 3.42. The molecule has 13 atom stereocenters. The third kappa shape index (κ3) is 3.80. The molecule has 2 heterocycles. The van der Waals surface area contributed by atoms with E-state index in [1.54, 1.807) is 0 Å². The maximum Gasteiger partial charge on any atom is 0.334 e. The molecule has 0 aromatic rings. The molecular weight excluding hydrogens is 492 g/mol. The van der Waals surface area contributed by atoms with Crippen molar-refractivity contribution in [1.82, 2.24) is 0 Å². The molecule has 9 heteroatoms. The van der Waals surface area contributed by atoms with Crippen molar-refractivity contribution in [2.75, 3.05) is 13.2 Å². The lowest BCUT2D eigenvalue weighted by Crippen LogP contribution is -2.63. The van der Waals surface area contributed by atoms with Crippen LogP contribution >= 0.6 is 0 Å². The molecule has 5 N–H and O–H groups in total. The summed E-state index contributed by atoms with van der Waals surface area (Å²) in [5, 5.41) is 52.5. The van der Waals surface area contributed by atoms with Gasteiger partial charge in [-0.05, 0) is 93.0 Å². The van der Waals surface area contributed by atoms with E-state index < -0.39 is 42.9 Å². The van der Waals surface area contributed by atoms with Crippen molar-refractivity contribution in [2.24, 2.45) is 34.5 Å². The fourth-order valence-electron chi connectivity index (χ4n) is 9.84. The van der Waals surface area contributed by atoms with E-state index in [0.29, 0.717) is 18.4 Å². The number of aliphatic hydroxyl groups is 5. The smallest absolute Gasteiger partial charge is 0.334 e. The Morgan fingerprint density at radius 1 is 0.974 bits per heavy atom. The number of cyclic esters (lactones) is 1. The fraction of sp³-hybridized carbons (Fsp3) is 0.897. The maximum atomic E-state index is 12.4. The molecule has 6 aliphatic rings. The molecule has 5 fully saturated rings. The first kappa shape index (κ1) is 27.1. The highest BCUT2D eigenvalue weighted by atomic mass is 16.7. The van der Waals surface area contributed by atoms with Gasteiger partial charge in [-0.1, -0.05) is 13.8 Å². The van der Waals surface area contributed by atoms with Crippen molar-refractivity contribution < 1.29 is 44.5 Å². The predicted molar refractivity (Wildman–Crippen MR) is 134 cm³/mol. The van der Waals surface area contributed by atoms with E-state index >= 15 is 0 Å². The second-order valence-corrected chi connectivity index (χ2v) is 13.5. The van der Waals surface area contributed by atoms with Gasteiger partial charge in [0, 0.05) is 11.0 Å². The van der Waals surface area contributed by atoms with Crippen LogP contribution in [0.2, 0.25) is 0 Å². The number of aliphatic hydroxyl groups excluding tert-OH is 4. The third-order valence-electron chi connectivity index (χ3n) is 12.1. The first-order valence-electron chi connectivity index (χ1n) is 14.6. The number of rotatable bonds is 4. The lowest BCUT2D eigenvalue weighted by atomic mass is 9.43. The summed E-state index contributed by atoms with van der Waals surface area (Å²) in [7, 11) is 0. The number of carbonyl (C=O) groups is 1. The molecule has 0 radical (unpaired) electrons. The number of ether oxygens (including phenoxy) is 3. The van der Waals surface area contributed by atoms with E-state index in [2.05, 4.69) is 13.8 Å². The van der Waals surface area contributed by atoms with Crippen LogP contribution in [0, 0.1) is 34.5 Å². The molecule has 0 amide bonds. The Balaban J connectivity index is 1.16. The van der Waals surface area contributed by atoms with Crippen LogP contribution in [-0.2, 0) is 19.0 Å². The van der Waals surface area contributed by atoms with Gasteiger partial charge in [0.15, 0.2) is 6.29 Å². The Morgan fingerprint density at radius 2 is 1.76 bits per heavy atom. The van der Waals surface area contributed by atoms with E-state index in [-0.39, 0.29) is 34.7 Å². The van der Waals surface area contributed by atoms with Crippen LogP contribution < -0.4 is 0 Å². The molecule has 4 aliphatic carbocycles. The van der Waals surface area contributed by atoms with Crippen LogP contribution in [-0.4, -0.2) is 87.1 Å². The molecule has 0 spiro atoms. The van der Waals surface area contributed by atoms with Gasteiger partial charge in [0.25, 0.3) is 0 Å². The number of carbonyl (C=O) groups excluding carboxylic acids is 1. The van der Waals surface area contributed by atoms with Gasteiger partial charge in [-0.3, -0.25) is 0 Å². The summed E-state index contributed by atoms with van der Waals surface area (Å²) in [5.74, 6) is 0.849. The van der Waals surface area contributed by atoms with Crippen molar-refractivity contribution in [2.45, 2.75) is 114 Å². The van der Waals surface area contributed by atoms with Gasteiger partial charge in [0.1, 0.15) is 31.0 Å². The highest BCUT2D eigenvalue weighted by Gasteiger charge is 2.68. The van der Waals surface area contributed by atoms with Gasteiger partial charge >= 0.3 is 5.97 Å².